The van der Waals surface area contributed by atoms with E-state index in [4.69, 9.17) is 0 Å². The highest BCUT2D eigenvalue weighted by atomic mass is 15.2. The van der Waals surface area contributed by atoms with E-state index in [9.17, 15) is 0 Å². The van der Waals surface area contributed by atoms with Crippen LogP contribution in [-0.2, 0) is 12.8 Å². The van der Waals surface area contributed by atoms with Crippen LogP contribution in [0.3, 0.4) is 0 Å². The van der Waals surface area contributed by atoms with Gasteiger partial charge in [-0.25, -0.2) is 0 Å². The highest BCUT2D eigenvalue weighted by molar-refractivity contribution is 6.10. The summed E-state index contributed by atoms with van der Waals surface area (Å²) in [7, 11) is 0. The molecule has 57 heavy (non-hydrogen) atoms. The molecule has 6 aromatic carbocycles. The molecule has 274 valence electrons. The lowest BCUT2D eigenvalue weighted by molar-refractivity contribution is 0.867. The van der Waals surface area contributed by atoms with Gasteiger partial charge in [-0.05, 0) is 139 Å². The molecule has 3 aliphatic rings. The quantitative estimate of drug-likeness (QED) is 0.159. The van der Waals surface area contributed by atoms with Crippen molar-refractivity contribution < 1.29 is 0 Å². The van der Waals surface area contributed by atoms with Crippen molar-refractivity contribution in [2.24, 2.45) is 0 Å². The molecule has 0 N–H and O–H groups in total. The van der Waals surface area contributed by atoms with Crippen molar-refractivity contribution >= 4 is 56.6 Å². The van der Waals surface area contributed by atoms with E-state index < -0.39 is 0 Å². The Kier molecular flexibility index (Phi) is 8.24. The van der Waals surface area contributed by atoms with Crippen LogP contribution in [0.5, 0.6) is 0 Å². The molecule has 0 bridgehead atoms. The Bertz CT molecular complexity index is 2860. The summed E-state index contributed by atoms with van der Waals surface area (Å²) in [5.41, 5.74) is 19.5. The van der Waals surface area contributed by atoms with E-state index in [1.54, 1.807) is 0 Å². The van der Waals surface area contributed by atoms with Crippen LogP contribution in [-0.4, -0.2) is 9.13 Å². The largest absolute Gasteiger partial charge is 0.314 e. The third-order valence-electron chi connectivity index (χ3n) is 12.2. The number of nitrogens with zero attached hydrogens (tertiary/aromatic N) is 3. The second-order valence-electron chi connectivity index (χ2n) is 15.5. The molecule has 0 saturated heterocycles. The monoisotopic (exact) mass is 733 g/mol. The molecule has 11 rings (SSSR count). The maximum Gasteiger partial charge on any atom is 0.0540 e. The van der Waals surface area contributed by atoms with Crippen LogP contribution in [0.15, 0.2) is 182 Å². The van der Waals surface area contributed by atoms with Gasteiger partial charge in [0.2, 0.25) is 0 Å². The Hall–Kier alpha value is -6.84. The summed E-state index contributed by atoms with van der Waals surface area (Å²) in [6, 6.07) is 57.5. The number of hydrogen-bond donors (Lipinski definition) is 0. The van der Waals surface area contributed by atoms with Gasteiger partial charge in [0.15, 0.2) is 0 Å². The summed E-state index contributed by atoms with van der Waals surface area (Å²) in [6.45, 7) is 0. The molecule has 0 aliphatic heterocycles. The highest BCUT2D eigenvalue weighted by Crippen LogP contribution is 2.42. The molecule has 0 atom stereocenters. The number of para-hydroxylation sites is 3. The molecule has 2 aromatic heterocycles. The van der Waals surface area contributed by atoms with Crippen LogP contribution in [0.1, 0.15) is 53.8 Å². The van der Waals surface area contributed by atoms with Crippen LogP contribution in [0, 0.1) is 0 Å². The first-order chi connectivity index (χ1) is 28.3. The SMILES string of the molecule is C1=Cc2c(c3c(n2-c2ccc(C4=CC(n5c6ccccc6c6ccccc65)=CCC4)cc2)C=C(N(c2ccccc2)c2ccc(-c4ccccc4)cc2)CC3)CC1. The van der Waals surface area contributed by atoms with Crippen LogP contribution in [0.4, 0.5) is 11.4 Å². The fourth-order valence-electron chi connectivity index (χ4n) is 9.54. The van der Waals surface area contributed by atoms with E-state index in [1.165, 1.54) is 95.0 Å². The molecule has 0 unspecified atom stereocenters. The van der Waals surface area contributed by atoms with Gasteiger partial charge in [0.25, 0.3) is 0 Å². The Labute approximate surface area is 334 Å². The van der Waals surface area contributed by atoms with Gasteiger partial charge in [0.05, 0.1) is 16.7 Å². The van der Waals surface area contributed by atoms with Gasteiger partial charge in [-0.1, -0.05) is 121 Å². The third-order valence-corrected chi connectivity index (χ3v) is 12.2. The zero-order chi connectivity index (χ0) is 37.7. The molecule has 8 aromatic rings. The van der Waals surface area contributed by atoms with Gasteiger partial charge >= 0.3 is 0 Å². The molecular formula is C54H43N3. The highest BCUT2D eigenvalue weighted by Gasteiger charge is 2.28. The first kappa shape index (κ1) is 33.5. The fourth-order valence-corrected chi connectivity index (χ4v) is 9.54. The van der Waals surface area contributed by atoms with E-state index in [-0.39, 0.29) is 0 Å². The minimum atomic E-state index is 0.984. The number of hydrogen-bond acceptors (Lipinski definition) is 1. The molecule has 0 radical (unpaired) electrons. The van der Waals surface area contributed by atoms with E-state index in [0.717, 1.165) is 38.5 Å². The predicted octanol–water partition coefficient (Wildman–Crippen LogP) is 14.1. The van der Waals surface area contributed by atoms with E-state index >= 15 is 0 Å². The molecule has 2 heterocycles. The Balaban J connectivity index is 0.973. The summed E-state index contributed by atoms with van der Waals surface area (Å²) in [6.07, 6.45) is 18.3. The fraction of sp³-hybridized carbons (Fsp3) is 0.111. The minimum Gasteiger partial charge on any atom is -0.314 e. The summed E-state index contributed by atoms with van der Waals surface area (Å²) in [5, 5.41) is 2.60. The van der Waals surface area contributed by atoms with Crippen molar-refractivity contribution in [3.8, 4) is 16.8 Å². The molecule has 3 aliphatic carbocycles. The smallest absolute Gasteiger partial charge is 0.0540 e. The minimum absolute atomic E-state index is 0.984. The van der Waals surface area contributed by atoms with Gasteiger partial charge < -0.3 is 14.0 Å². The molecule has 0 saturated carbocycles. The maximum absolute atomic E-state index is 2.53. The van der Waals surface area contributed by atoms with E-state index in [0.29, 0.717) is 0 Å². The van der Waals surface area contributed by atoms with Crippen molar-refractivity contribution in [2.45, 2.75) is 38.5 Å². The van der Waals surface area contributed by atoms with Crippen molar-refractivity contribution in [3.63, 3.8) is 0 Å². The van der Waals surface area contributed by atoms with E-state index in [1.807, 2.05) is 0 Å². The number of fused-ring (bicyclic) bond motifs is 6. The zero-order valence-corrected chi connectivity index (χ0v) is 32.0. The van der Waals surface area contributed by atoms with Crippen molar-refractivity contribution in [3.05, 3.63) is 210 Å². The molecule has 3 nitrogen and oxygen atoms in total. The van der Waals surface area contributed by atoms with Gasteiger partial charge in [0, 0.05) is 44.9 Å². The lowest BCUT2D eigenvalue weighted by Gasteiger charge is -2.30. The van der Waals surface area contributed by atoms with Crippen LogP contribution < -0.4 is 4.90 Å². The summed E-state index contributed by atoms with van der Waals surface area (Å²) < 4.78 is 4.98. The first-order valence-corrected chi connectivity index (χ1v) is 20.4. The normalized spacial score (nSPS) is 14.8. The average Bonchev–Trinajstić information content (AvgIpc) is 3.80. The van der Waals surface area contributed by atoms with Crippen molar-refractivity contribution in [1.29, 1.82) is 0 Å². The molecule has 3 heteroatoms. The van der Waals surface area contributed by atoms with Crippen molar-refractivity contribution in [1.82, 2.24) is 9.13 Å². The molecule has 0 amide bonds. The maximum atomic E-state index is 2.53. The molecule has 0 fully saturated rings. The first-order valence-electron chi connectivity index (χ1n) is 20.4. The van der Waals surface area contributed by atoms with E-state index in [2.05, 4.69) is 202 Å². The van der Waals surface area contributed by atoms with Crippen LogP contribution >= 0.6 is 0 Å². The third kappa shape index (κ3) is 5.81. The molecule has 0 spiro atoms. The number of allylic oxidation sites excluding steroid dienone is 6. The van der Waals surface area contributed by atoms with Crippen molar-refractivity contribution in [2.75, 3.05) is 4.90 Å². The second kappa shape index (κ2) is 14.0. The second-order valence-corrected chi connectivity index (χ2v) is 15.5. The Morgan fingerprint density at radius 1 is 0.439 bits per heavy atom. The molecular weight excluding hydrogens is 691 g/mol. The summed E-state index contributed by atoms with van der Waals surface area (Å²) >= 11 is 0. The standard InChI is InChI=1S/C54H43N3/c1-3-14-38(15-4-1)39-26-30-43(31-27-39)55(42-17-5-2-6-18-42)46-34-35-50-49-22-9-10-23-51(49)56(54(50)37-46)44-32-28-40(29-33-44)41-16-13-19-45(36-41)57-52-24-11-7-20-47(52)48-21-8-12-25-53(48)57/h1-8,10-12,14-15,17-21,23-33,36-37H,9,13,16,22,34-35H2. The predicted molar refractivity (Wildman–Crippen MR) is 241 cm³/mol. The van der Waals surface area contributed by atoms with Gasteiger partial charge in [-0.2, -0.15) is 0 Å². The lowest BCUT2D eigenvalue weighted by atomic mass is 9.92. The van der Waals surface area contributed by atoms with Crippen LogP contribution in [0.2, 0.25) is 0 Å². The summed E-state index contributed by atoms with van der Waals surface area (Å²) in [4.78, 5) is 2.46. The number of rotatable bonds is 7. The Morgan fingerprint density at radius 2 is 1.05 bits per heavy atom. The number of aromatic nitrogens is 2. The number of benzene rings is 6. The Morgan fingerprint density at radius 3 is 1.79 bits per heavy atom. The lowest BCUT2D eigenvalue weighted by Crippen LogP contribution is -2.19. The average molecular weight is 734 g/mol. The van der Waals surface area contributed by atoms with Gasteiger partial charge in [-0.15, -0.1) is 0 Å². The van der Waals surface area contributed by atoms with Gasteiger partial charge in [-0.3, -0.25) is 0 Å². The topological polar surface area (TPSA) is 13.1 Å². The van der Waals surface area contributed by atoms with Gasteiger partial charge in [0.1, 0.15) is 0 Å². The number of anilines is 2. The zero-order valence-electron chi connectivity index (χ0n) is 32.0. The van der Waals surface area contributed by atoms with Crippen LogP contribution in [0.25, 0.3) is 62.0 Å². The summed E-state index contributed by atoms with van der Waals surface area (Å²) in [5.74, 6) is 0.